The van der Waals surface area contributed by atoms with E-state index in [2.05, 4.69) is 6.58 Å². The van der Waals surface area contributed by atoms with Crippen LogP contribution in [0.3, 0.4) is 0 Å². The fourth-order valence-corrected chi connectivity index (χ4v) is 2.03. The summed E-state index contributed by atoms with van der Waals surface area (Å²) in [6.07, 6.45) is 3.01. The van der Waals surface area contributed by atoms with E-state index in [0.29, 0.717) is 10.0 Å². The van der Waals surface area contributed by atoms with E-state index in [1.165, 1.54) is 0 Å². The standard InChI is InChI=1S/C13H16Cl2O/c1-3-10(9(2)16)7-8-11-5-4-6-12(14)13(11)15/h3-6,9-10,16H,1,7-8H2,2H3/t9-,10?/m1/s1. The molecule has 0 aromatic heterocycles. The van der Waals surface area contributed by atoms with E-state index >= 15 is 0 Å². The number of aliphatic hydroxyl groups excluding tert-OH is 1. The van der Waals surface area contributed by atoms with Crippen molar-refractivity contribution in [2.45, 2.75) is 25.9 Å². The van der Waals surface area contributed by atoms with Crippen LogP contribution in [-0.4, -0.2) is 11.2 Å². The summed E-state index contributed by atoms with van der Waals surface area (Å²) in [5, 5.41) is 10.7. The lowest BCUT2D eigenvalue weighted by Gasteiger charge is -2.15. The Morgan fingerprint density at radius 1 is 1.44 bits per heavy atom. The van der Waals surface area contributed by atoms with Crippen LogP contribution in [-0.2, 0) is 6.42 Å². The minimum absolute atomic E-state index is 0.0926. The molecule has 0 amide bonds. The smallest absolute Gasteiger partial charge is 0.0624 e. The van der Waals surface area contributed by atoms with Gasteiger partial charge < -0.3 is 5.11 Å². The monoisotopic (exact) mass is 258 g/mol. The van der Waals surface area contributed by atoms with Gasteiger partial charge in [-0.3, -0.25) is 0 Å². The first-order chi connectivity index (χ1) is 7.56. The lowest BCUT2D eigenvalue weighted by molar-refractivity contribution is 0.144. The molecule has 0 fully saturated rings. The quantitative estimate of drug-likeness (QED) is 0.789. The van der Waals surface area contributed by atoms with Crippen LogP contribution in [0.4, 0.5) is 0 Å². The summed E-state index contributed by atoms with van der Waals surface area (Å²) in [4.78, 5) is 0. The van der Waals surface area contributed by atoms with Gasteiger partial charge >= 0.3 is 0 Å². The second kappa shape index (κ2) is 6.29. The Kier molecular flexibility index (Phi) is 5.33. The van der Waals surface area contributed by atoms with Gasteiger partial charge in [0.25, 0.3) is 0 Å². The molecule has 1 aromatic carbocycles. The number of rotatable bonds is 5. The van der Waals surface area contributed by atoms with Gasteiger partial charge in [0.2, 0.25) is 0 Å². The molecular weight excluding hydrogens is 243 g/mol. The number of aryl methyl sites for hydroxylation is 1. The second-order valence-corrected chi connectivity index (χ2v) is 4.68. The summed E-state index contributed by atoms with van der Waals surface area (Å²) in [6, 6.07) is 5.61. The zero-order valence-corrected chi connectivity index (χ0v) is 10.8. The third-order valence-electron chi connectivity index (χ3n) is 2.70. The van der Waals surface area contributed by atoms with E-state index in [0.717, 1.165) is 18.4 Å². The maximum absolute atomic E-state index is 9.48. The molecule has 0 saturated heterocycles. The second-order valence-electron chi connectivity index (χ2n) is 3.89. The predicted octanol–water partition coefficient (Wildman–Crippen LogP) is 4.11. The number of hydrogen-bond donors (Lipinski definition) is 1. The van der Waals surface area contributed by atoms with E-state index in [4.69, 9.17) is 23.2 Å². The average molecular weight is 259 g/mol. The van der Waals surface area contributed by atoms with E-state index in [1.54, 1.807) is 19.1 Å². The average Bonchev–Trinajstić information content (AvgIpc) is 2.24. The van der Waals surface area contributed by atoms with Gasteiger partial charge in [-0.15, -0.1) is 6.58 Å². The SMILES string of the molecule is C=CC(CCc1cccc(Cl)c1Cl)[C@@H](C)O. The number of hydrogen-bond acceptors (Lipinski definition) is 1. The molecule has 0 bridgehead atoms. The van der Waals surface area contributed by atoms with Crippen LogP contribution in [0.15, 0.2) is 30.9 Å². The van der Waals surface area contributed by atoms with Crippen LogP contribution in [0.25, 0.3) is 0 Å². The van der Waals surface area contributed by atoms with Gasteiger partial charge in [0.05, 0.1) is 16.1 Å². The van der Waals surface area contributed by atoms with Crippen molar-refractivity contribution in [2.75, 3.05) is 0 Å². The molecule has 0 aliphatic heterocycles. The van der Waals surface area contributed by atoms with Gasteiger partial charge in [0, 0.05) is 5.92 Å². The lowest BCUT2D eigenvalue weighted by atomic mass is 9.95. The molecule has 0 aliphatic carbocycles. The van der Waals surface area contributed by atoms with Gasteiger partial charge in [-0.05, 0) is 31.4 Å². The van der Waals surface area contributed by atoms with Crippen molar-refractivity contribution < 1.29 is 5.11 Å². The molecule has 0 heterocycles. The third kappa shape index (κ3) is 3.51. The molecule has 3 heteroatoms. The topological polar surface area (TPSA) is 20.2 Å². The molecule has 2 atom stereocenters. The van der Waals surface area contributed by atoms with Gasteiger partial charge in [0.1, 0.15) is 0 Å². The van der Waals surface area contributed by atoms with E-state index in [-0.39, 0.29) is 12.0 Å². The van der Waals surface area contributed by atoms with Crippen molar-refractivity contribution in [3.05, 3.63) is 46.5 Å². The van der Waals surface area contributed by atoms with Crippen LogP contribution in [0.5, 0.6) is 0 Å². The van der Waals surface area contributed by atoms with Crippen LogP contribution < -0.4 is 0 Å². The van der Waals surface area contributed by atoms with Crippen LogP contribution in [0, 0.1) is 5.92 Å². The Bertz CT molecular complexity index is 361. The molecule has 0 radical (unpaired) electrons. The molecular formula is C13H16Cl2O. The van der Waals surface area contributed by atoms with Gasteiger partial charge in [-0.25, -0.2) is 0 Å². The van der Waals surface area contributed by atoms with Gasteiger partial charge in [-0.2, -0.15) is 0 Å². The normalized spacial score (nSPS) is 14.5. The highest BCUT2D eigenvalue weighted by Crippen LogP contribution is 2.27. The number of benzene rings is 1. The largest absolute Gasteiger partial charge is 0.393 e. The number of aliphatic hydroxyl groups is 1. The minimum atomic E-state index is -0.379. The number of halogens is 2. The first-order valence-corrected chi connectivity index (χ1v) is 6.05. The van der Waals surface area contributed by atoms with Crippen LogP contribution in [0.2, 0.25) is 10.0 Å². The Labute approximate surface area is 107 Å². The zero-order valence-electron chi connectivity index (χ0n) is 9.29. The molecule has 1 aromatic rings. The Balaban J connectivity index is 2.67. The highest BCUT2D eigenvalue weighted by Gasteiger charge is 2.12. The summed E-state index contributed by atoms with van der Waals surface area (Å²) in [5.41, 5.74) is 1.02. The minimum Gasteiger partial charge on any atom is -0.393 e. The van der Waals surface area contributed by atoms with Crippen molar-refractivity contribution in [3.8, 4) is 0 Å². The van der Waals surface area contributed by atoms with Crippen molar-refractivity contribution in [1.29, 1.82) is 0 Å². The summed E-state index contributed by atoms with van der Waals surface area (Å²) in [7, 11) is 0. The third-order valence-corrected chi connectivity index (χ3v) is 3.56. The fourth-order valence-electron chi connectivity index (χ4n) is 1.62. The van der Waals surface area contributed by atoms with Crippen molar-refractivity contribution >= 4 is 23.2 Å². The molecule has 1 rings (SSSR count). The summed E-state index contributed by atoms with van der Waals surface area (Å²) < 4.78 is 0. The zero-order chi connectivity index (χ0) is 12.1. The van der Waals surface area contributed by atoms with E-state index in [9.17, 15) is 5.11 Å². The predicted molar refractivity (Wildman–Crippen MR) is 70.2 cm³/mol. The molecule has 88 valence electrons. The molecule has 0 saturated carbocycles. The maximum atomic E-state index is 9.48. The first kappa shape index (κ1) is 13.6. The molecule has 0 aliphatic rings. The van der Waals surface area contributed by atoms with Crippen molar-refractivity contribution in [3.63, 3.8) is 0 Å². The van der Waals surface area contributed by atoms with Crippen molar-refractivity contribution in [1.82, 2.24) is 0 Å². The van der Waals surface area contributed by atoms with Crippen LogP contribution >= 0.6 is 23.2 Å². The van der Waals surface area contributed by atoms with E-state index in [1.807, 2.05) is 12.1 Å². The van der Waals surface area contributed by atoms with Crippen LogP contribution in [0.1, 0.15) is 18.9 Å². The lowest BCUT2D eigenvalue weighted by Crippen LogP contribution is -2.14. The maximum Gasteiger partial charge on any atom is 0.0624 e. The summed E-state index contributed by atoms with van der Waals surface area (Å²) >= 11 is 12.0. The van der Waals surface area contributed by atoms with Gasteiger partial charge in [0.15, 0.2) is 0 Å². The summed E-state index contributed by atoms with van der Waals surface area (Å²) in [6.45, 7) is 5.49. The van der Waals surface area contributed by atoms with Gasteiger partial charge in [-0.1, -0.05) is 41.4 Å². The first-order valence-electron chi connectivity index (χ1n) is 5.29. The Morgan fingerprint density at radius 2 is 2.12 bits per heavy atom. The van der Waals surface area contributed by atoms with Crippen molar-refractivity contribution in [2.24, 2.45) is 5.92 Å². The highest BCUT2D eigenvalue weighted by atomic mass is 35.5. The van der Waals surface area contributed by atoms with E-state index < -0.39 is 0 Å². The fraction of sp³-hybridized carbons (Fsp3) is 0.385. The Morgan fingerprint density at radius 3 is 2.69 bits per heavy atom. The summed E-state index contributed by atoms with van der Waals surface area (Å²) in [5.74, 6) is 0.0926. The highest BCUT2D eigenvalue weighted by molar-refractivity contribution is 6.42. The molecule has 16 heavy (non-hydrogen) atoms. The molecule has 1 nitrogen and oxygen atoms in total. The molecule has 0 spiro atoms. The molecule has 1 N–H and O–H groups in total. The molecule has 1 unspecified atom stereocenters. The Hall–Kier alpha value is -0.500.